The average Bonchev–Trinajstić information content (AvgIpc) is 2.55. The van der Waals surface area contributed by atoms with E-state index in [1.807, 2.05) is 0 Å². The van der Waals surface area contributed by atoms with Gasteiger partial charge in [-0.3, -0.25) is 4.48 Å². The van der Waals surface area contributed by atoms with Crippen LogP contribution in [0.5, 0.6) is 0 Å². The molecule has 0 aliphatic carbocycles. The number of hydrogen-bond donors (Lipinski definition) is 0. The van der Waals surface area contributed by atoms with Crippen molar-refractivity contribution in [2.45, 2.75) is 72.1 Å². The van der Waals surface area contributed by atoms with Crippen LogP contribution in [0, 0.1) is 0 Å². The first kappa shape index (κ1) is 21.5. The van der Waals surface area contributed by atoms with Crippen LogP contribution in [0.3, 0.4) is 0 Å². The first-order valence-electron chi connectivity index (χ1n) is 9.20. The van der Waals surface area contributed by atoms with Gasteiger partial charge in [0, 0.05) is 0 Å². The Balaban J connectivity index is 0.00000441. The predicted molar refractivity (Wildman–Crippen MR) is 96.8 cm³/mol. The van der Waals surface area contributed by atoms with Gasteiger partial charge in [-0.05, 0) is 38.8 Å². The molecule has 1 nitrogen and oxygen atoms in total. The number of unbranched alkanes of at least 4 members (excludes halogenated alkanes) is 7. The van der Waals surface area contributed by atoms with E-state index in [9.17, 15) is 0 Å². The summed E-state index contributed by atoms with van der Waals surface area (Å²) in [6, 6.07) is 11.1. The quantitative estimate of drug-likeness (QED) is 0.409. The number of quaternary nitrogens is 1. The largest absolute Gasteiger partial charge is 1.00 e. The van der Waals surface area contributed by atoms with Crippen LogP contribution >= 0.6 is 0 Å². The van der Waals surface area contributed by atoms with Gasteiger partial charge in [0.15, 0.2) is 0 Å². The summed E-state index contributed by atoms with van der Waals surface area (Å²) in [7, 11) is 0. The van der Waals surface area contributed by atoms with Crippen LogP contribution in [0.15, 0.2) is 30.3 Å². The maximum absolute atomic E-state index is 2.33. The highest BCUT2D eigenvalue weighted by molar-refractivity contribution is 5.42. The van der Waals surface area contributed by atoms with E-state index in [0.29, 0.717) is 0 Å². The van der Waals surface area contributed by atoms with E-state index >= 15 is 0 Å². The SMILES string of the molecule is CCCCCCCCCC[N+](CC)(CC)c1ccccc1.[Cl-]. The van der Waals surface area contributed by atoms with Crippen molar-refractivity contribution in [2.75, 3.05) is 19.6 Å². The second-order valence-electron chi connectivity index (χ2n) is 6.31. The van der Waals surface area contributed by atoms with E-state index in [1.54, 1.807) is 0 Å². The number of para-hydroxylation sites is 1. The lowest BCUT2D eigenvalue weighted by atomic mass is 10.1. The molecule has 0 aromatic heterocycles. The smallest absolute Gasteiger partial charge is 0.132 e. The fourth-order valence-electron chi connectivity index (χ4n) is 3.33. The summed E-state index contributed by atoms with van der Waals surface area (Å²) in [6.07, 6.45) is 11.3. The summed E-state index contributed by atoms with van der Waals surface area (Å²) >= 11 is 0. The summed E-state index contributed by atoms with van der Waals surface area (Å²) in [5.74, 6) is 0. The molecule has 0 unspecified atom stereocenters. The highest BCUT2D eigenvalue weighted by atomic mass is 35.5. The number of rotatable bonds is 12. The highest BCUT2D eigenvalue weighted by Crippen LogP contribution is 2.23. The third-order valence-corrected chi connectivity index (χ3v) is 4.95. The molecule has 1 aromatic rings. The van der Waals surface area contributed by atoms with Crippen molar-refractivity contribution in [1.29, 1.82) is 0 Å². The molecular formula is C20H36ClN. The molecule has 128 valence electrons. The molecule has 0 saturated carbocycles. The zero-order chi connectivity index (χ0) is 15.4. The Morgan fingerprint density at radius 3 is 1.68 bits per heavy atom. The second-order valence-corrected chi connectivity index (χ2v) is 6.31. The summed E-state index contributed by atoms with van der Waals surface area (Å²) < 4.78 is 1.15. The molecule has 2 heteroatoms. The third-order valence-electron chi connectivity index (χ3n) is 4.95. The van der Waals surface area contributed by atoms with E-state index < -0.39 is 0 Å². The first-order valence-corrected chi connectivity index (χ1v) is 9.20. The Labute approximate surface area is 145 Å². The molecule has 0 amide bonds. The van der Waals surface area contributed by atoms with Crippen molar-refractivity contribution in [3.8, 4) is 0 Å². The van der Waals surface area contributed by atoms with E-state index in [0.717, 1.165) is 4.48 Å². The number of halogens is 1. The molecule has 0 N–H and O–H groups in total. The van der Waals surface area contributed by atoms with Gasteiger partial charge in [-0.25, -0.2) is 0 Å². The van der Waals surface area contributed by atoms with Crippen molar-refractivity contribution in [2.24, 2.45) is 0 Å². The molecule has 0 aliphatic rings. The molecule has 0 bridgehead atoms. The molecule has 1 rings (SSSR count). The molecular weight excluding hydrogens is 290 g/mol. The lowest BCUT2D eigenvalue weighted by Gasteiger charge is -2.36. The minimum absolute atomic E-state index is 0. The number of hydrogen-bond acceptors (Lipinski definition) is 0. The molecule has 0 atom stereocenters. The fourth-order valence-corrected chi connectivity index (χ4v) is 3.33. The van der Waals surface area contributed by atoms with Gasteiger partial charge in [-0.15, -0.1) is 0 Å². The van der Waals surface area contributed by atoms with Crippen molar-refractivity contribution in [3.63, 3.8) is 0 Å². The van der Waals surface area contributed by atoms with Gasteiger partial charge in [0.05, 0.1) is 19.6 Å². The Morgan fingerprint density at radius 1 is 0.682 bits per heavy atom. The summed E-state index contributed by atoms with van der Waals surface area (Å²) in [6.45, 7) is 10.7. The molecule has 0 aliphatic heterocycles. The Hall–Kier alpha value is -0.530. The molecule has 0 spiro atoms. The maximum Gasteiger partial charge on any atom is 0.132 e. The molecule has 0 saturated heterocycles. The van der Waals surface area contributed by atoms with Crippen LogP contribution in [0.25, 0.3) is 0 Å². The predicted octanol–water partition coefficient (Wildman–Crippen LogP) is 3.18. The lowest BCUT2D eigenvalue weighted by Crippen LogP contribution is -3.00. The van der Waals surface area contributed by atoms with E-state index in [1.165, 1.54) is 76.7 Å². The van der Waals surface area contributed by atoms with Crippen molar-refractivity contribution in [1.82, 2.24) is 4.48 Å². The van der Waals surface area contributed by atoms with Crippen molar-refractivity contribution in [3.05, 3.63) is 30.3 Å². The number of benzene rings is 1. The van der Waals surface area contributed by atoms with Gasteiger partial charge >= 0.3 is 0 Å². The van der Waals surface area contributed by atoms with Gasteiger partial charge in [0.25, 0.3) is 0 Å². The Kier molecular flexibility index (Phi) is 12.6. The van der Waals surface area contributed by atoms with Gasteiger partial charge in [0.1, 0.15) is 5.69 Å². The average molecular weight is 326 g/mol. The van der Waals surface area contributed by atoms with Crippen LogP contribution in [0.4, 0.5) is 5.69 Å². The summed E-state index contributed by atoms with van der Waals surface area (Å²) in [5, 5.41) is 0. The highest BCUT2D eigenvalue weighted by Gasteiger charge is 2.25. The van der Waals surface area contributed by atoms with Crippen LogP contribution in [0.1, 0.15) is 72.1 Å². The standard InChI is InChI=1S/C20H36N.ClH/c1-4-7-8-9-10-11-12-16-19-21(5-2,6-3)20-17-14-13-15-18-20;/h13-15,17-18H,4-12,16,19H2,1-3H3;1H/q+1;/p-1. The topological polar surface area (TPSA) is 0 Å². The molecule has 1 aromatic carbocycles. The molecule has 0 heterocycles. The van der Waals surface area contributed by atoms with Crippen LogP contribution in [0.2, 0.25) is 0 Å². The van der Waals surface area contributed by atoms with Crippen molar-refractivity contribution >= 4 is 5.69 Å². The van der Waals surface area contributed by atoms with Crippen LogP contribution in [-0.2, 0) is 0 Å². The van der Waals surface area contributed by atoms with Gasteiger partial charge in [-0.1, -0.05) is 63.6 Å². The van der Waals surface area contributed by atoms with E-state index in [-0.39, 0.29) is 12.4 Å². The zero-order valence-electron chi connectivity index (χ0n) is 15.0. The summed E-state index contributed by atoms with van der Waals surface area (Å²) in [4.78, 5) is 0. The van der Waals surface area contributed by atoms with E-state index in [4.69, 9.17) is 0 Å². The monoisotopic (exact) mass is 325 g/mol. The normalized spacial score (nSPS) is 11.2. The van der Waals surface area contributed by atoms with Gasteiger partial charge < -0.3 is 12.4 Å². The Morgan fingerprint density at radius 2 is 1.18 bits per heavy atom. The Bertz CT molecular complexity index is 346. The second kappa shape index (κ2) is 13.0. The minimum Gasteiger partial charge on any atom is -1.00 e. The van der Waals surface area contributed by atoms with Crippen LogP contribution < -0.4 is 16.9 Å². The first-order chi connectivity index (χ1) is 10.3. The van der Waals surface area contributed by atoms with Gasteiger partial charge in [0.2, 0.25) is 0 Å². The summed E-state index contributed by atoms with van der Waals surface area (Å²) in [5.41, 5.74) is 1.49. The van der Waals surface area contributed by atoms with Crippen LogP contribution in [-0.4, -0.2) is 19.6 Å². The molecule has 22 heavy (non-hydrogen) atoms. The maximum atomic E-state index is 2.33. The number of nitrogens with zero attached hydrogens (tertiary/aromatic N) is 1. The minimum atomic E-state index is 0. The van der Waals surface area contributed by atoms with E-state index in [2.05, 4.69) is 51.1 Å². The molecule has 0 fully saturated rings. The van der Waals surface area contributed by atoms with Gasteiger partial charge in [-0.2, -0.15) is 0 Å². The molecule has 0 radical (unpaired) electrons. The van der Waals surface area contributed by atoms with Crippen molar-refractivity contribution < 1.29 is 12.4 Å². The fraction of sp³-hybridized carbons (Fsp3) is 0.700. The lowest BCUT2D eigenvalue weighted by molar-refractivity contribution is -0.00000461. The zero-order valence-corrected chi connectivity index (χ0v) is 15.7. The third kappa shape index (κ3) is 7.15.